The average Bonchev–Trinajstić information content (AvgIpc) is 3.03. The van der Waals surface area contributed by atoms with E-state index in [-0.39, 0.29) is 18.4 Å². The Morgan fingerprint density at radius 2 is 1.66 bits per heavy atom. The highest BCUT2D eigenvalue weighted by Gasteiger charge is 2.21. The van der Waals surface area contributed by atoms with E-state index in [4.69, 9.17) is 0 Å². The van der Waals surface area contributed by atoms with Gasteiger partial charge in [0, 0.05) is 31.5 Å². The zero-order valence-corrected chi connectivity index (χ0v) is 16.1. The molecule has 0 fully saturated rings. The molecule has 0 radical (unpaired) electrons. The predicted octanol–water partition coefficient (Wildman–Crippen LogP) is 1.68. The van der Waals surface area contributed by atoms with Crippen LogP contribution in [-0.4, -0.2) is 51.1 Å². The van der Waals surface area contributed by atoms with Crippen molar-refractivity contribution in [3.8, 4) is 0 Å². The normalized spacial score (nSPS) is 13.4. The predicted molar refractivity (Wildman–Crippen MR) is 108 cm³/mol. The minimum absolute atomic E-state index is 0.0112. The summed E-state index contributed by atoms with van der Waals surface area (Å²) >= 11 is 0. The van der Waals surface area contributed by atoms with Gasteiger partial charge in [-0.3, -0.25) is 9.59 Å². The number of benzene rings is 2. The van der Waals surface area contributed by atoms with Gasteiger partial charge >= 0.3 is 0 Å². The molecule has 0 spiro atoms. The van der Waals surface area contributed by atoms with Crippen molar-refractivity contribution < 1.29 is 9.59 Å². The number of aromatic nitrogens is 3. The highest BCUT2D eigenvalue weighted by atomic mass is 16.2. The van der Waals surface area contributed by atoms with Crippen molar-refractivity contribution in [2.45, 2.75) is 19.4 Å². The molecule has 148 valence electrons. The maximum Gasteiger partial charge on any atom is 0.251 e. The van der Waals surface area contributed by atoms with E-state index in [1.54, 1.807) is 29.2 Å². The van der Waals surface area contributed by atoms with Gasteiger partial charge in [0.1, 0.15) is 5.82 Å². The molecule has 2 amide bonds. The van der Waals surface area contributed by atoms with Crippen LogP contribution >= 0.6 is 0 Å². The first kappa shape index (κ1) is 18.9. The Kier molecular flexibility index (Phi) is 5.65. The minimum atomic E-state index is -0.242. The van der Waals surface area contributed by atoms with E-state index < -0.39 is 0 Å². The van der Waals surface area contributed by atoms with Crippen molar-refractivity contribution in [3.05, 3.63) is 83.4 Å². The molecule has 1 aliphatic rings. The zero-order chi connectivity index (χ0) is 20.1. The van der Waals surface area contributed by atoms with Gasteiger partial charge in [-0.05, 0) is 17.7 Å². The van der Waals surface area contributed by atoms with Gasteiger partial charge in [-0.1, -0.05) is 48.5 Å². The van der Waals surface area contributed by atoms with Gasteiger partial charge in [-0.2, -0.15) is 5.10 Å². The number of nitrogens with zero attached hydrogens (tertiary/aromatic N) is 4. The summed E-state index contributed by atoms with van der Waals surface area (Å²) < 4.78 is 1.90. The SMILES string of the molecule is O=C(NCC(=O)N1CCc2nc(Cc3ccccc3)nn2CC1)c1ccccc1. The Morgan fingerprint density at radius 3 is 2.41 bits per heavy atom. The summed E-state index contributed by atoms with van der Waals surface area (Å²) in [7, 11) is 0. The number of rotatable bonds is 5. The largest absolute Gasteiger partial charge is 0.343 e. The molecule has 7 nitrogen and oxygen atoms in total. The number of carbonyl (C=O) groups is 2. The van der Waals surface area contributed by atoms with Crippen LogP contribution in [0.1, 0.15) is 27.6 Å². The van der Waals surface area contributed by atoms with E-state index in [1.807, 2.05) is 28.9 Å². The number of hydrogen-bond acceptors (Lipinski definition) is 4. The van der Waals surface area contributed by atoms with Crippen molar-refractivity contribution in [1.29, 1.82) is 0 Å². The maximum atomic E-state index is 12.5. The second-order valence-electron chi connectivity index (χ2n) is 7.01. The van der Waals surface area contributed by atoms with Crippen LogP contribution in [0.25, 0.3) is 0 Å². The van der Waals surface area contributed by atoms with E-state index >= 15 is 0 Å². The number of hydrogen-bond donors (Lipinski definition) is 1. The van der Waals surface area contributed by atoms with Crippen LogP contribution < -0.4 is 5.32 Å². The Balaban J connectivity index is 1.31. The lowest BCUT2D eigenvalue weighted by Crippen LogP contribution is -2.41. The molecule has 0 aliphatic carbocycles. The lowest BCUT2D eigenvalue weighted by molar-refractivity contribution is -0.130. The molecule has 7 heteroatoms. The van der Waals surface area contributed by atoms with Crippen molar-refractivity contribution in [2.75, 3.05) is 19.6 Å². The molecule has 1 N–H and O–H groups in total. The van der Waals surface area contributed by atoms with Gasteiger partial charge in [-0.15, -0.1) is 0 Å². The van der Waals surface area contributed by atoms with E-state index in [9.17, 15) is 9.59 Å². The summed E-state index contributed by atoms with van der Waals surface area (Å²) in [5.41, 5.74) is 1.73. The van der Waals surface area contributed by atoms with Crippen LogP contribution in [0.5, 0.6) is 0 Å². The molecule has 0 bridgehead atoms. The third kappa shape index (κ3) is 4.68. The fraction of sp³-hybridized carbons (Fsp3) is 0.273. The summed E-state index contributed by atoms with van der Waals surface area (Å²) in [6.45, 7) is 1.73. The van der Waals surface area contributed by atoms with Gasteiger partial charge in [-0.25, -0.2) is 9.67 Å². The molecule has 0 unspecified atom stereocenters. The van der Waals surface area contributed by atoms with E-state index in [2.05, 4.69) is 27.5 Å². The lowest BCUT2D eigenvalue weighted by Gasteiger charge is -2.20. The summed E-state index contributed by atoms with van der Waals surface area (Å²) in [6.07, 6.45) is 1.36. The van der Waals surface area contributed by atoms with Crippen molar-refractivity contribution in [2.24, 2.45) is 0 Å². The molecule has 3 aromatic rings. The lowest BCUT2D eigenvalue weighted by atomic mass is 10.1. The van der Waals surface area contributed by atoms with Gasteiger partial charge in [0.15, 0.2) is 5.82 Å². The van der Waals surface area contributed by atoms with E-state index in [0.717, 1.165) is 11.6 Å². The van der Waals surface area contributed by atoms with Gasteiger partial charge in [0.25, 0.3) is 5.91 Å². The molecule has 0 saturated heterocycles. The molecule has 4 rings (SSSR count). The number of amides is 2. The van der Waals surface area contributed by atoms with Gasteiger partial charge in [0.05, 0.1) is 13.1 Å². The third-order valence-corrected chi connectivity index (χ3v) is 4.97. The second kappa shape index (κ2) is 8.68. The van der Waals surface area contributed by atoms with Gasteiger partial charge < -0.3 is 10.2 Å². The fourth-order valence-corrected chi connectivity index (χ4v) is 3.41. The molecule has 2 aromatic carbocycles. The van der Waals surface area contributed by atoms with Crippen molar-refractivity contribution in [1.82, 2.24) is 25.0 Å². The summed E-state index contributed by atoms with van der Waals surface area (Å²) in [6, 6.07) is 19.0. The number of nitrogens with one attached hydrogen (secondary N) is 1. The van der Waals surface area contributed by atoms with E-state index in [0.29, 0.717) is 38.0 Å². The first-order valence-electron chi connectivity index (χ1n) is 9.76. The summed E-state index contributed by atoms with van der Waals surface area (Å²) in [4.78, 5) is 31.1. The van der Waals surface area contributed by atoms with Crippen molar-refractivity contribution in [3.63, 3.8) is 0 Å². The number of carbonyl (C=O) groups excluding carboxylic acids is 2. The number of fused-ring (bicyclic) bond motifs is 1. The zero-order valence-electron chi connectivity index (χ0n) is 16.1. The Morgan fingerprint density at radius 1 is 0.931 bits per heavy atom. The second-order valence-corrected chi connectivity index (χ2v) is 7.01. The van der Waals surface area contributed by atoms with Crippen LogP contribution in [-0.2, 0) is 24.2 Å². The van der Waals surface area contributed by atoms with Crippen LogP contribution in [0.3, 0.4) is 0 Å². The minimum Gasteiger partial charge on any atom is -0.343 e. The Labute approximate surface area is 169 Å². The Hall–Kier alpha value is -3.48. The molecule has 0 atom stereocenters. The first-order chi connectivity index (χ1) is 14.2. The third-order valence-electron chi connectivity index (χ3n) is 4.97. The van der Waals surface area contributed by atoms with Gasteiger partial charge in [0.2, 0.25) is 5.91 Å². The molecular weight excluding hydrogens is 366 g/mol. The molecule has 0 saturated carbocycles. The maximum absolute atomic E-state index is 12.5. The Bertz CT molecular complexity index is 959. The smallest absolute Gasteiger partial charge is 0.251 e. The standard InChI is InChI=1S/C22H23N5O2/c28-21(16-23-22(29)18-9-5-2-6-10-18)26-12-11-20-24-19(25-27(20)14-13-26)15-17-7-3-1-4-8-17/h1-10H,11-16H2,(H,23,29). The molecule has 1 aliphatic heterocycles. The molecule has 2 heterocycles. The quantitative estimate of drug-likeness (QED) is 0.720. The topological polar surface area (TPSA) is 80.1 Å². The van der Waals surface area contributed by atoms with Crippen LogP contribution in [0, 0.1) is 0 Å². The first-order valence-corrected chi connectivity index (χ1v) is 9.76. The molecule has 1 aromatic heterocycles. The molecule has 29 heavy (non-hydrogen) atoms. The monoisotopic (exact) mass is 389 g/mol. The van der Waals surface area contributed by atoms with Crippen LogP contribution in [0.15, 0.2) is 60.7 Å². The highest BCUT2D eigenvalue weighted by Crippen LogP contribution is 2.11. The molecular formula is C22H23N5O2. The summed E-state index contributed by atoms with van der Waals surface area (Å²) in [5, 5.41) is 7.31. The van der Waals surface area contributed by atoms with Crippen LogP contribution in [0.2, 0.25) is 0 Å². The summed E-state index contributed by atoms with van der Waals surface area (Å²) in [5.74, 6) is 1.37. The van der Waals surface area contributed by atoms with E-state index in [1.165, 1.54) is 5.56 Å². The average molecular weight is 389 g/mol. The van der Waals surface area contributed by atoms with Crippen LogP contribution in [0.4, 0.5) is 0 Å². The fourth-order valence-electron chi connectivity index (χ4n) is 3.41. The van der Waals surface area contributed by atoms with Crippen molar-refractivity contribution >= 4 is 11.8 Å². The highest BCUT2D eigenvalue weighted by molar-refractivity contribution is 5.96.